The molecular weight excluding hydrogens is 199 g/mol. The number of aryl methyl sites for hydroxylation is 1. The number of rotatable bonds is 4. The Morgan fingerprint density at radius 1 is 1.43 bits per heavy atom. The third kappa shape index (κ3) is 2.28. The number of epoxide rings is 1. The van der Waals surface area contributed by atoms with Gasteiger partial charge >= 0.3 is 0 Å². The van der Waals surface area contributed by atoms with Crippen LogP contribution in [-0.4, -0.2) is 24.6 Å². The molecule has 1 aliphatic rings. The second-order valence-corrected chi connectivity index (χ2v) is 4.76. The zero-order valence-electron chi connectivity index (χ0n) is 8.13. The first-order valence-electron chi connectivity index (χ1n) is 4.63. The molecule has 1 aromatic rings. The van der Waals surface area contributed by atoms with Crippen LogP contribution >= 0.6 is 11.8 Å². The first-order chi connectivity index (χ1) is 6.74. The molecule has 1 atom stereocenters. The zero-order valence-corrected chi connectivity index (χ0v) is 8.94. The van der Waals surface area contributed by atoms with Crippen LogP contribution in [0, 0.1) is 6.92 Å². The molecule has 1 heterocycles. The molecule has 3 heteroatoms. The van der Waals surface area contributed by atoms with E-state index in [2.05, 4.69) is 31.2 Å². The summed E-state index contributed by atoms with van der Waals surface area (Å²) in [6, 6.07) is 8.26. The van der Waals surface area contributed by atoms with Crippen molar-refractivity contribution in [2.75, 3.05) is 19.0 Å². The summed E-state index contributed by atoms with van der Waals surface area (Å²) in [5.74, 6) is 0.715. The molecule has 0 amide bonds. The minimum absolute atomic E-state index is 0.369. The summed E-state index contributed by atoms with van der Waals surface area (Å²) in [5.41, 5.74) is 0.785. The van der Waals surface area contributed by atoms with Crippen LogP contribution in [0.5, 0.6) is 0 Å². The van der Waals surface area contributed by atoms with Gasteiger partial charge in [0.1, 0.15) is 12.3 Å². The molecule has 14 heavy (non-hydrogen) atoms. The molecule has 1 fully saturated rings. The standard InChI is InChI=1S/C11H13FOS/c1-9-2-4-10(5-3-9)14-8-11(6-12)7-13-11/h2-5H,6-8H2,1H3/t11-/m1/s1. The predicted molar refractivity (Wildman–Crippen MR) is 56.6 cm³/mol. The number of hydrogen-bond acceptors (Lipinski definition) is 2. The second kappa shape index (κ2) is 3.91. The number of thioether (sulfide) groups is 1. The van der Waals surface area contributed by atoms with Gasteiger partial charge in [-0.25, -0.2) is 4.39 Å². The van der Waals surface area contributed by atoms with Crippen molar-refractivity contribution >= 4 is 11.8 Å². The van der Waals surface area contributed by atoms with Crippen molar-refractivity contribution in [3.8, 4) is 0 Å². The van der Waals surface area contributed by atoms with Crippen LogP contribution in [0.15, 0.2) is 29.2 Å². The van der Waals surface area contributed by atoms with E-state index < -0.39 is 5.60 Å². The SMILES string of the molecule is Cc1ccc(SC[C@@]2(CF)CO2)cc1. The third-order valence-electron chi connectivity index (χ3n) is 2.32. The van der Waals surface area contributed by atoms with E-state index in [0.717, 1.165) is 0 Å². The number of ether oxygens (including phenoxy) is 1. The van der Waals surface area contributed by atoms with E-state index in [1.54, 1.807) is 11.8 Å². The van der Waals surface area contributed by atoms with Crippen LogP contribution in [0.3, 0.4) is 0 Å². The van der Waals surface area contributed by atoms with Crippen molar-refractivity contribution in [3.63, 3.8) is 0 Å². The summed E-state index contributed by atoms with van der Waals surface area (Å²) >= 11 is 1.66. The van der Waals surface area contributed by atoms with Crippen LogP contribution in [0.2, 0.25) is 0 Å². The van der Waals surface area contributed by atoms with Gasteiger partial charge in [-0.15, -0.1) is 11.8 Å². The fraction of sp³-hybridized carbons (Fsp3) is 0.455. The second-order valence-electron chi connectivity index (χ2n) is 3.71. The molecule has 0 N–H and O–H groups in total. The molecule has 1 nitrogen and oxygen atoms in total. The van der Waals surface area contributed by atoms with Crippen molar-refractivity contribution in [3.05, 3.63) is 29.8 Å². The number of hydrogen-bond donors (Lipinski definition) is 0. The van der Waals surface area contributed by atoms with Crippen LogP contribution in [0.1, 0.15) is 5.56 Å². The molecule has 0 aromatic heterocycles. The molecule has 0 bridgehead atoms. The van der Waals surface area contributed by atoms with Crippen molar-refractivity contribution in [2.24, 2.45) is 0 Å². The summed E-state index contributed by atoms with van der Waals surface area (Å²) < 4.78 is 17.6. The van der Waals surface area contributed by atoms with E-state index in [-0.39, 0.29) is 6.67 Å². The first-order valence-corrected chi connectivity index (χ1v) is 5.62. The van der Waals surface area contributed by atoms with Crippen LogP contribution < -0.4 is 0 Å². The Bertz CT molecular complexity index is 306. The topological polar surface area (TPSA) is 12.5 Å². The van der Waals surface area contributed by atoms with Gasteiger partial charge in [0, 0.05) is 10.6 Å². The maximum Gasteiger partial charge on any atom is 0.129 e. The van der Waals surface area contributed by atoms with Crippen LogP contribution in [0.4, 0.5) is 4.39 Å². The van der Waals surface area contributed by atoms with Gasteiger partial charge in [0.25, 0.3) is 0 Å². The van der Waals surface area contributed by atoms with Gasteiger partial charge in [-0.3, -0.25) is 0 Å². The van der Waals surface area contributed by atoms with Crippen molar-refractivity contribution in [1.82, 2.24) is 0 Å². The Hall–Kier alpha value is -0.540. The van der Waals surface area contributed by atoms with Crippen molar-refractivity contribution in [1.29, 1.82) is 0 Å². The van der Waals surface area contributed by atoms with E-state index >= 15 is 0 Å². The Balaban J connectivity index is 1.89. The van der Waals surface area contributed by atoms with Crippen molar-refractivity contribution in [2.45, 2.75) is 17.4 Å². The summed E-state index contributed by atoms with van der Waals surface area (Å²) in [4.78, 5) is 1.18. The minimum atomic E-state index is -0.463. The van der Waals surface area contributed by atoms with Gasteiger partial charge in [0.2, 0.25) is 0 Å². The van der Waals surface area contributed by atoms with E-state index in [1.165, 1.54) is 10.5 Å². The van der Waals surface area contributed by atoms with Crippen LogP contribution in [-0.2, 0) is 4.74 Å². The fourth-order valence-electron chi connectivity index (χ4n) is 1.15. The Labute approximate surface area is 87.7 Å². The van der Waals surface area contributed by atoms with E-state index in [0.29, 0.717) is 12.4 Å². The third-order valence-corrected chi connectivity index (χ3v) is 3.59. The first kappa shape index (κ1) is 9.99. The lowest BCUT2D eigenvalue weighted by Gasteiger charge is -2.06. The van der Waals surface area contributed by atoms with Gasteiger partial charge in [-0.05, 0) is 19.1 Å². The Kier molecular flexibility index (Phi) is 2.79. The molecule has 2 rings (SSSR count). The highest BCUT2D eigenvalue weighted by Gasteiger charge is 2.44. The van der Waals surface area contributed by atoms with Gasteiger partial charge in [0.05, 0.1) is 6.61 Å². The van der Waals surface area contributed by atoms with E-state index in [1.807, 2.05) is 0 Å². The summed E-state index contributed by atoms with van der Waals surface area (Å²) in [6.07, 6.45) is 0. The lowest BCUT2D eigenvalue weighted by atomic mass is 10.2. The number of benzene rings is 1. The fourth-order valence-corrected chi connectivity index (χ4v) is 2.15. The van der Waals surface area contributed by atoms with Gasteiger partial charge in [-0.1, -0.05) is 17.7 Å². The quantitative estimate of drug-likeness (QED) is 0.562. The van der Waals surface area contributed by atoms with Gasteiger partial charge in [-0.2, -0.15) is 0 Å². The average Bonchev–Trinajstić information content (AvgIpc) is 2.98. The zero-order chi connectivity index (χ0) is 10.0. The maximum absolute atomic E-state index is 12.5. The molecule has 0 radical (unpaired) electrons. The predicted octanol–water partition coefficient (Wildman–Crippen LogP) is 2.83. The highest BCUT2D eigenvalue weighted by molar-refractivity contribution is 7.99. The summed E-state index contributed by atoms with van der Waals surface area (Å²) in [6.45, 7) is 2.26. The molecule has 1 saturated heterocycles. The average molecular weight is 212 g/mol. The monoisotopic (exact) mass is 212 g/mol. The molecule has 76 valence electrons. The normalized spacial score (nSPS) is 25.0. The number of alkyl halides is 1. The minimum Gasteiger partial charge on any atom is -0.366 e. The molecule has 1 aliphatic heterocycles. The summed E-state index contributed by atoms with van der Waals surface area (Å²) in [7, 11) is 0. The molecule has 0 spiro atoms. The summed E-state index contributed by atoms with van der Waals surface area (Å²) in [5, 5.41) is 0. The van der Waals surface area contributed by atoms with Crippen LogP contribution in [0.25, 0.3) is 0 Å². The van der Waals surface area contributed by atoms with Crippen molar-refractivity contribution < 1.29 is 9.13 Å². The molecule has 0 aliphatic carbocycles. The van der Waals surface area contributed by atoms with Gasteiger partial charge < -0.3 is 4.74 Å². The molecular formula is C11H13FOS. The lowest BCUT2D eigenvalue weighted by Crippen LogP contribution is -2.16. The highest BCUT2D eigenvalue weighted by atomic mass is 32.2. The van der Waals surface area contributed by atoms with Gasteiger partial charge in [0.15, 0.2) is 0 Å². The highest BCUT2D eigenvalue weighted by Crippen LogP contribution is 2.34. The van der Waals surface area contributed by atoms with E-state index in [9.17, 15) is 4.39 Å². The molecule has 0 unspecified atom stereocenters. The molecule has 1 aromatic carbocycles. The smallest absolute Gasteiger partial charge is 0.129 e. The largest absolute Gasteiger partial charge is 0.366 e. The molecule has 0 saturated carbocycles. The number of halogens is 1. The van der Waals surface area contributed by atoms with E-state index in [4.69, 9.17) is 4.74 Å². The maximum atomic E-state index is 12.5. The lowest BCUT2D eigenvalue weighted by molar-refractivity contribution is 0.268. The Morgan fingerprint density at radius 2 is 2.07 bits per heavy atom. The Morgan fingerprint density at radius 3 is 2.57 bits per heavy atom.